The third kappa shape index (κ3) is 4.22. The van der Waals surface area contributed by atoms with Gasteiger partial charge in [-0.15, -0.1) is 6.58 Å². The molecule has 0 saturated heterocycles. The molecule has 0 aliphatic carbocycles. The van der Waals surface area contributed by atoms with Crippen molar-refractivity contribution in [3.63, 3.8) is 0 Å². The number of halogens is 1. The van der Waals surface area contributed by atoms with Gasteiger partial charge in [0.15, 0.2) is 0 Å². The molecule has 0 aliphatic rings. The van der Waals surface area contributed by atoms with E-state index in [1.165, 1.54) is 6.07 Å². The Morgan fingerprint density at radius 1 is 1.50 bits per heavy atom. The van der Waals surface area contributed by atoms with Gasteiger partial charge in [-0.2, -0.15) is 0 Å². The van der Waals surface area contributed by atoms with Crippen molar-refractivity contribution in [1.82, 2.24) is 4.90 Å². The fourth-order valence-electron chi connectivity index (χ4n) is 1.66. The van der Waals surface area contributed by atoms with Gasteiger partial charge in [0, 0.05) is 16.2 Å². The number of nitrogens with one attached hydrogen (secondary N) is 1. The Bertz CT molecular complexity index is 529. The van der Waals surface area contributed by atoms with Crippen LogP contribution in [0.4, 0.5) is 10.5 Å². The fraction of sp³-hybridized carbons (Fsp3) is 0.286. The summed E-state index contributed by atoms with van der Waals surface area (Å²) in [5.41, 5.74) is 0.366. The molecule has 0 fully saturated rings. The summed E-state index contributed by atoms with van der Waals surface area (Å²) in [6.45, 7) is 7.78. The van der Waals surface area contributed by atoms with Gasteiger partial charge in [0.25, 0.3) is 0 Å². The smallest absolute Gasteiger partial charge is 0.337 e. The highest BCUT2D eigenvalue weighted by molar-refractivity contribution is 14.1. The van der Waals surface area contributed by atoms with Gasteiger partial charge in [-0.05, 0) is 54.6 Å². The van der Waals surface area contributed by atoms with Crippen LogP contribution in [0.3, 0.4) is 0 Å². The SMILES string of the molecule is C=CCN(C(=O)Nc1ccc(I)cc1C(=O)O)C(C)C. The van der Waals surface area contributed by atoms with Crippen LogP contribution in [0.1, 0.15) is 24.2 Å². The van der Waals surface area contributed by atoms with Gasteiger partial charge in [0.05, 0.1) is 11.3 Å². The number of amides is 2. The number of urea groups is 1. The van der Waals surface area contributed by atoms with Crippen LogP contribution in [-0.4, -0.2) is 34.6 Å². The minimum atomic E-state index is -1.07. The lowest BCUT2D eigenvalue weighted by atomic mass is 10.2. The number of hydrogen-bond acceptors (Lipinski definition) is 2. The van der Waals surface area contributed by atoms with Crippen LogP contribution in [0, 0.1) is 3.57 Å². The molecule has 0 radical (unpaired) electrons. The summed E-state index contributed by atoms with van der Waals surface area (Å²) in [5.74, 6) is -1.07. The largest absolute Gasteiger partial charge is 0.478 e. The molecule has 1 aromatic rings. The molecule has 0 aromatic heterocycles. The van der Waals surface area contributed by atoms with Gasteiger partial charge < -0.3 is 15.3 Å². The molecule has 0 heterocycles. The molecular formula is C14H17IN2O3. The van der Waals surface area contributed by atoms with Crippen molar-refractivity contribution in [3.05, 3.63) is 40.0 Å². The molecule has 0 atom stereocenters. The summed E-state index contributed by atoms with van der Waals surface area (Å²) in [6, 6.07) is 4.51. The van der Waals surface area contributed by atoms with Crippen LogP contribution >= 0.6 is 22.6 Å². The summed E-state index contributed by atoms with van der Waals surface area (Å²) in [4.78, 5) is 24.9. The fourth-order valence-corrected chi connectivity index (χ4v) is 2.15. The lowest BCUT2D eigenvalue weighted by molar-refractivity contribution is 0.0698. The van der Waals surface area contributed by atoms with Crippen LogP contribution < -0.4 is 5.32 Å². The first-order chi connectivity index (χ1) is 9.36. The number of anilines is 1. The second kappa shape index (κ2) is 7.28. The average molecular weight is 388 g/mol. The van der Waals surface area contributed by atoms with Crippen molar-refractivity contribution in [3.8, 4) is 0 Å². The van der Waals surface area contributed by atoms with Crippen LogP contribution in [0.2, 0.25) is 0 Å². The zero-order chi connectivity index (χ0) is 15.3. The highest BCUT2D eigenvalue weighted by Gasteiger charge is 2.18. The molecule has 5 nitrogen and oxygen atoms in total. The number of hydrogen-bond donors (Lipinski definition) is 2. The summed E-state index contributed by atoms with van der Waals surface area (Å²) >= 11 is 2.03. The lowest BCUT2D eigenvalue weighted by Gasteiger charge is -2.26. The Hall–Kier alpha value is -1.57. The maximum Gasteiger partial charge on any atom is 0.337 e. The molecule has 0 unspecified atom stereocenters. The van der Waals surface area contributed by atoms with Gasteiger partial charge in [-0.3, -0.25) is 0 Å². The highest BCUT2D eigenvalue weighted by atomic mass is 127. The van der Waals surface area contributed by atoms with Gasteiger partial charge in [0.2, 0.25) is 0 Å². The van der Waals surface area contributed by atoms with E-state index >= 15 is 0 Å². The number of nitrogens with zero attached hydrogens (tertiary/aromatic N) is 1. The molecule has 6 heteroatoms. The van der Waals surface area contributed by atoms with Crippen molar-refractivity contribution in [2.24, 2.45) is 0 Å². The third-order valence-corrected chi connectivity index (χ3v) is 3.33. The Labute approximate surface area is 131 Å². The van der Waals surface area contributed by atoms with E-state index in [0.29, 0.717) is 6.54 Å². The highest BCUT2D eigenvalue weighted by Crippen LogP contribution is 2.19. The molecule has 0 saturated carbocycles. The van der Waals surface area contributed by atoms with Crippen molar-refractivity contribution in [2.75, 3.05) is 11.9 Å². The van der Waals surface area contributed by atoms with E-state index in [-0.39, 0.29) is 23.3 Å². The predicted octanol–water partition coefficient (Wildman–Crippen LogP) is 3.42. The van der Waals surface area contributed by atoms with E-state index in [9.17, 15) is 9.59 Å². The van der Waals surface area contributed by atoms with E-state index in [2.05, 4.69) is 11.9 Å². The number of carbonyl (C=O) groups is 2. The standard InChI is InChI=1S/C14H17IN2O3/c1-4-7-17(9(2)3)14(20)16-12-6-5-10(15)8-11(12)13(18)19/h4-6,8-9H,1,7H2,2-3H3,(H,16,20)(H,18,19). The van der Waals surface area contributed by atoms with E-state index in [4.69, 9.17) is 5.11 Å². The predicted molar refractivity (Wildman–Crippen MR) is 87.2 cm³/mol. The van der Waals surface area contributed by atoms with Crippen molar-refractivity contribution < 1.29 is 14.7 Å². The lowest BCUT2D eigenvalue weighted by Crippen LogP contribution is -2.40. The quantitative estimate of drug-likeness (QED) is 0.600. The number of aromatic carboxylic acids is 1. The Morgan fingerprint density at radius 2 is 2.15 bits per heavy atom. The minimum absolute atomic E-state index is 0.00914. The third-order valence-electron chi connectivity index (χ3n) is 2.66. The molecule has 2 amide bonds. The van der Waals surface area contributed by atoms with E-state index in [1.54, 1.807) is 23.1 Å². The summed E-state index contributed by atoms with van der Waals surface area (Å²) in [6.07, 6.45) is 1.63. The zero-order valence-corrected chi connectivity index (χ0v) is 13.5. The molecule has 0 bridgehead atoms. The summed E-state index contributed by atoms with van der Waals surface area (Å²) in [5, 5.41) is 11.8. The van der Waals surface area contributed by atoms with Crippen LogP contribution in [0.15, 0.2) is 30.9 Å². The number of rotatable bonds is 5. The Morgan fingerprint density at radius 3 is 2.65 bits per heavy atom. The monoisotopic (exact) mass is 388 g/mol. The average Bonchev–Trinajstić information content (AvgIpc) is 2.37. The second-order valence-electron chi connectivity index (χ2n) is 4.46. The van der Waals surface area contributed by atoms with Gasteiger partial charge in [-0.1, -0.05) is 6.08 Å². The maximum atomic E-state index is 12.2. The Balaban J connectivity index is 3.00. The van der Waals surface area contributed by atoms with Crippen LogP contribution in [0.25, 0.3) is 0 Å². The van der Waals surface area contributed by atoms with E-state index in [1.807, 2.05) is 36.4 Å². The van der Waals surface area contributed by atoms with E-state index < -0.39 is 5.97 Å². The van der Waals surface area contributed by atoms with Crippen molar-refractivity contribution >= 4 is 40.3 Å². The normalized spacial score (nSPS) is 10.2. The molecule has 1 aromatic carbocycles. The summed E-state index contributed by atoms with van der Waals surface area (Å²) in [7, 11) is 0. The molecule has 20 heavy (non-hydrogen) atoms. The number of carboxylic acid groups (broad SMARTS) is 1. The second-order valence-corrected chi connectivity index (χ2v) is 5.71. The van der Waals surface area contributed by atoms with Gasteiger partial charge in [-0.25, -0.2) is 9.59 Å². The topological polar surface area (TPSA) is 69.6 Å². The molecule has 0 spiro atoms. The molecular weight excluding hydrogens is 371 g/mol. The summed E-state index contributed by atoms with van der Waals surface area (Å²) < 4.78 is 0.796. The molecule has 2 N–H and O–H groups in total. The van der Waals surface area contributed by atoms with Crippen LogP contribution in [0.5, 0.6) is 0 Å². The number of benzene rings is 1. The molecule has 108 valence electrons. The van der Waals surface area contributed by atoms with Gasteiger partial charge in [0.1, 0.15) is 0 Å². The molecule has 1 rings (SSSR count). The first-order valence-electron chi connectivity index (χ1n) is 6.08. The first-order valence-corrected chi connectivity index (χ1v) is 7.16. The van der Waals surface area contributed by atoms with Gasteiger partial charge >= 0.3 is 12.0 Å². The van der Waals surface area contributed by atoms with Crippen LogP contribution in [-0.2, 0) is 0 Å². The number of carbonyl (C=O) groups excluding carboxylic acids is 1. The Kier molecular flexibility index (Phi) is 6.00. The van der Waals surface area contributed by atoms with Crippen molar-refractivity contribution in [1.29, 1.82) is 0 Å². The first kappa shape index (κ1) is 16.5. The zero-order valence-electron chi connectivity index (χ0n) is 11.4. The number of carboxylic acids is 1. The maximum absolute atomic E-state index is 12.2. The molecule has 0 aliphatic heterocycles. The van der Waals surface area contributed by atoms with E-state index in [0.717, 1.165) is 3.57 Å². The minimum Gasteiger partial charge on any atom is -0.478 e. The van der Waals surface area contributed by atoms with Crippen molar-refractivity contribution in [2.45, 2.75) is 19.9 Å².